The van der Waals surface area contributed by atoms with Crippen molar-refractivity contribution in [1.82, 2.24) is 0 Å². The topological polar surface area (TPSA) is 43.4 Å². The van der Waals surface area contributed by atoms with Gasteiger partial charge >= 0.3 is 5.97 Å². The zero-order valence-electron chi connectivity index (χ0n) is 14.3. The molecule has 0 heterocycles. The van der Waals surface area contributed by atoms with Crippen molar-refractivity contribution in [1.29, 1.82) is 0 Å². The molecule has 0 N–H and O–H groups in total. The highest BCUT2D eigenvalue weighted by Gasteiger charge is 2.62. The van der Waals surface area contributed by atoms with Crippen LogP contribution in [-0.2, 0) is 20.9 Å². The molecule has 3 rings (SSSR count). The van der Waals surface area contributed by atoms with Crippen LogP contribution in [-0.4, -0.2) is 12.3 Å². The lowest BCUT2D eigenvalue weighted by atomic mass is 9.97. The van der Waals surface area contributed by atoms with Crippen LogP contribution in [0, 0.1) is 24.2 Å². The summed E-state index contributed by atoms with van der Waals surface area (Å²) in [6, 6.07) is 16.2. The van der Waals surface area contributed by atoms with E-state index in [0.29, 0.717) is 0 Å². The molecule has 3 nitrogen and oxygen atoms in total. The number of hydrogen-bond acceptors (Lipinski definition) is 3. The highest BCUT2D eigenvalue weighted by atomic mass is 16.5. The molecule has 2 aromatic rings. The molecule has 0 aromatic heterocycles. The largest absolute Gasteiger partial charge is 0.461 e. The van der Waals surface area contributed by atoms with Crippen LogP contribution < -0.4 is 0 Å². The first-order valence-corrected chi connectivity index (χ1v) is 8.22. The molecule has 2 atom stereocenters. The SMILES string of the molecule is Cc1c(COC(=O)[C@@H]2[C@H](C=O)C2(C)C)cccc1-c1ccccc1. The van der Waals surface area contributed by atoms with Gasteiger partial charge in [0.05, 0.1) is 5.92 Å². The predicted octanol–water partition coefficient (Wildman–Crippen LogP) is 4.18. The molecular formula is C21H22O3. The Morgan fingerprint density at radius 1 is 1.12 bits per heavy atom. The molecule has 2 aromatic carbocycles. The quantitative estimate of drug-likeness (QED) is 0.613. The zero-order valence-corrected chi connectivity index (χ0v) is 14.3. The Morgan fingerprint density at radius 3 is 2.46 bits per heavy atom. The molecule has 24 heavy (non-hydrogen) atoms. The fraction of sp³-hybridized carbons (Fsp3) is 0.333. The fourth-order valence-corrected chi connectivity index (χ4v) is 3.39. The van der Waals surface area contributed by atoms with Gasteiger partial charge in [0.1, 0.15) is 12.9 Å². The Balaban J connectivity index is 1.73. The monoisotopic (exact) mass is 322 g/mol. The number of hydrogen-bond donors (Lipinski definition) is 0. The van der Waals surface area contributed by atoms with Crippen molar-refractivity contribution in [3.63, 3.8) is 0 Å². The fourth-order valence-electron chi connectivity index (χ4n) is 3.39. The van der Waals surface area contributed by atoms with Gasteiger partial charge in [0.15, 0.2) is 0 Å². The molecule has 124 valence electrons. The molecule has 3 heteroatoms. The maximum absolute atomic E-state index is 12.2. The second-order valence-corrected chi connectivity index (χ2v) is 7.02. The molecule has 0 unspecified atom stereocenters. The minimum absolute atomic E-state index is 0.221. The Morgan fingerprint density at radius 2 is 1.83 bits per heavy atom. The maximum atomic E-state index is 12.2. The minimum Gasteiger partial charge on any atom is -0.461 e. The summed E-state index contributed by atoms with van der Waals surface area (Å²) < 4.78 is 5.49. The van der Waals surface area contributed by atoms with E-state index < -0.39 is 0 Å². The van der Waals surface area contributed by atoms with E-state index in [4.69, 9.17) is 4.74 Å². The summed E-state index contributed by atoms with van der Waals surface area (Å²) in [6.07, 6.45) is 0.868. The van der Waals surface area contributed by atoms with E-state index in [1.807, 2.05) is 51.1 Å². The van der Waals surface area contributed by atoms with Crippen LogP contribution in [0.25, 0.3) is 11.1 Å². The molecule has 1 aliphatic rings. The van der Waals surface area contributed by atoms with Gasteiger partial charge in [0.2, 0.25) is 0 Å². The third-order valence-corrected chi connectivity index (χ3v) is 5.21. The lowest BCUT2D eigenvalue weighted by molar-refractivity contribution is -0.148. The van der Waals surface area contributed by atoms with Crippen LogP contribution in [0.1, 0.15) is 25.0 Å². The average Bonchev–Trinajstić information content (AvgIpc) is 3.15. The van der Waals surface area contributed by atoms with Crippen LogP contribution in [0.5, 0.6) is 0 Å². The molecule has 0 radical (unpaired) electrons. The number of rotatable bonds is 5. The smallest absolute Gasteiger partial charge is 0.310 e. The van der Waals surface area contributed by atoms with Crippen LogP contribution in [0.3, 0.4) is 0 Å². The summed E-state index contributed by atoms with van der Waals surface area (Å²) >= 11 is 0. The van der Waals surface area contributed by atoms with Crippen LogP contribution >= 0.6 is 0 Å². The van der Waals surface area contributed by atoms with E-state index in [1.165, 1.54) is 0 Å². The third-order valence-electron chi connectivity index (χ3n) is 5.21. The van der Waals surface area contributed by atoms with Crippen molar-refractivity contribution in [2.75, 3.05) is 0 Å². The standard InChI is InChI=1S/C21H22O3/c1-14-16(10-7-11-17(14)15-8-5-4-6-9-15)13-24-20(23)19-18(12-22)21(19,2)3/h4-12,18-19H,13H2,1-3H3/t18-,19-/m0/s1. The van der Waals surface area contributed by atoms with Crippen molar-refractivity contribution >= 4 is 12.3 Å². The average molecular weight is 322 g/mol. The van der Waals surface area contributed by atoms with Crippen molar-refractivity contribution in [3.8, 4) is 11.1 Å². The lowest BCUT2D eigenvalue weighted by Crippen LogP contribution is -2.11. The molecule has 0 amide bonds. The van der Waals surface area contributed by atoms with E-state index >= 15 is 0 Å². The molecule has 0 aliphatic heterocycles. The van der Waals surface area contributed by atoms with E-state index in [0.717, 1.165) is 28.5 Å². The van der Waals surface area contributed by atoms with Gasteiger partial charge in [-0.05, 0) is 34.6 Å². The Labute approximate surface area is 142 Å². The van der Waals surface area contributed by atoms with Crippen molar-refractivity contribution in [3.05, 3.63) is 59.7 Å². The van der Waals surface area contributed by atoms with Gasteiger partial charge in [0.25, 0.3) is 0 Å². The first kappa shape index (κ1) is 16.4. The van der Waals surface area contributed by atoms with Gasteiger partial charge in [-0.3, -0.25) is 4.79 Å². The molecule has 0 spiro atoms. The molecule has 0 saturated heterocycles. The first-order valence-electron chi connectivity index (χ1n) is 8.22. The van der Waals surface area contributed by atoms with E-state index in [2.05, 4.69) is 18.2 Å². The highest BCUT2D eigenvalue weighted by molar-refractivity contribution is 5.84. The first-order chi connectivity index (χ1) is 11.5. The number of benzene rings is 2. The number of esters is 1. The summed E-state index contributed by atoms with van der Waals surface area (Å²) in [6.45, 7) is 6.14. The van der Waals surface area contributed by atoms with E-state index in [-0.39, 0.29) is 29.8 Å². The number of aldehydes is 1. The van der Waals surface area contributed by atoms with Gasteiger partial charge < -0.3 is 9.53 Å². The van der Waals surface area contributed by atoms with Gasteiger partial charge in [-0.2, -0.15) is 0 Å². The molecule has 1 aliphatic carbocycles. The van der Waals surface area contributed by atoms with Gasteiger partial charge in [-0.25, -0.2) is 0 Å². The molecule has 1 saturated carbocycles. The Kier molecular flexibility index (Phi) is 4.27. The second-order valence-electron chi connectivity index (χ2n) is 7.02. The van der Waals surface area contributed by atoms with E-state index in [1.54, 1.807) is 0 Å². The second kappa shape index (κ2) is 6.23. The van der Waals surface area contributed by atoms with Gasteiger partial charge in [0, 0.05) is 5.92 Å². The normalized spacial score (nSPS) is 21.1. The maximum Gasteiger partial charge on any atom is 0.310 e. The number of carbonyl (C=O) groups excluding carboxylic acids is 2. The molecule has 1 fully saturated rings. The van der Waals surface area contributed by atoms with Crippen molar-refractivity contribution < 1.29 is 14.3 Å². The lowest BCUT2D eigenvalue weighted by Gasteiger charge is -2.12. The molecular weight excluding hydrogens is 300 g/mol. The number of carbonyl (C=O) groups is 2. The van der Waals surface area contributed by atoms with Crippen LogP contribution in [0.15, 0.2) is 48.5 Å². The number of ether oxygens (including phenoxy) is 1. The van der Waals surface area contributed by atoms with Crippen LogP contribution in [0.2, 0.25) is 0 Å². The highest BCUT2D eigenvalue weighted by Crippen LogP contribution is 2.57. The summed E-state index contributed by atoms with van der Waals surface area (Å²) in [5.74, 6) is -0.809. The minimum atomic E-state index is -0.312. The third kappa shape index (κ3) is 2.86. The predicted molar refractivity (Wildman–Crippen MR) is 93.2 cm³/mol. The molecule has 0 bridgehead atoms. The summed E-state index contributed by atoms with van der Waals surface area (Å²) in [7, 11) is 0. The zero-order chi connectivity index (χ0) is 17.3. The summed E-state index contributed by atoms with van der Waals surface area (Å²) in [5, 5.41) is 0. The van der Waals surface area contributed by atoms with Crippen molar-refractivity contribution in [2.45, 2.75) is 27.4 Å². The Bertz CT molecular complexity index is 762. The summed E-state index contributed by atoms with van der Waals surface area (Å²) in [5.41, 5.74) is 4.11. The van der Waals surface area contributed by atoms with E-state index in [9.17, 15) is 9.59 Å². The van der Waals surface area contributed by atoms with Gasteiger partial charge in [-0.1, -0.05) is 62.4 Å². The Hall–Kier alpha value is -2.42. The van der Waals surface area contributed by atoms with Gasteiger partial charge in [-0.15, -0.1) is 0 Å². The summed E-state index contributed by atoms with van der Waals surface area (Å²) in [4.78, 5) is 23.3. The van der Waals surface area contributed by atoms with Crippen LogP contribution in [0.4, 0.5) is 0 Å². The van der Waals surface area contributed by atoms with Crippen molar-refractivity contribution in [2.24, 2.45) is 17.3 Å².